The second-order valence-corrected chi connectivity index (χ2v) is 6.16. The van der Waals surface area contributed by atoms with Gasteiger partial charge in [0.05, 0.1) is 0 Å². The number of amides is 2. The van der Waals surface area contributed by atoms with Crippen LogP contribution in [0.5, 0.6) is 5.75 Å². The molecule has 2 aromatic rings. The lowest BCUT2D eigenvalue weighted by molar-refractivity contribution is 0.237. The van der Waals surface area contributed by atoms with E-state index in [1.54, 1.807) is 12.1 Å². The Bertz CT molecular complexity index is 651. The Labute approximate surface area is 143 Å². The van der Waals surface area contributed by atoms with Gasteiger partial charge in [-0.1, -0.05) is 24.3 Å². The Kier molecular flexibility index (Phi) is 6.07. The van der Waals surface area contributed by atoms with Crippen molar-refractivity contribution in [2.45, 2.75) is 25.9 Å². The van der Waals surface area contributed by atoms with E-state index in [-0.39, 0.29) is 17.8 Å². The summed E-state index contributed by atoms with van der Waals surface area (Å²) in [5, 5.41) is 15.1. The molecule has 5 nitrogen and oxygen atoms in total. The van der Waals surface area contributed by atoms with Crippen molar-refractivity contribution in [3.63, 3.8) is 0 Å². The van der Waals surface area contributed by atoms with E-state index in [0.717, 1.165) is 16.8 Å². The van der Waals surface area contributed by atoms with Gasteiger partial charge in [-0.15, -0.1) is 0 Å². The van der Waals surface area contributed by atoms with Crippen molar-refractivity contribution in [3.8, 4) is 5.75 Å². The number of anilines is 1. The van der Waals surface area contributed by atoms with Crippen LogP contribution in [-0.2, 0) is 13.0 Å². The molecule has 0 unspecified atom stereocenters. The van der Waals surface area contributed by atoms with Crippen LogP contribution in [0.25, 0.3) is 0 Å². The lowest BCUT2D eigenvalue weighted by Crippen LogP contribution is -2.41. The van der Waals surface area contributed by atoms with Gasteiger partial charge in [-0.3, -0.25) is 0 Å². The largest absolute Gasteiger partial charge is 0.508 e. The molecule has 128 valence electrons. The number of urea groups is 1. The van der Waals surface area contributed by atoms with E-state index < -0.39 is 0 Å². The molecule has 0 aliphatic heterocycles. The summed E-state index contributed by atoms with van der Waals surface area (Å²) in [6.45, 7) is 2.45. The van der Waals surface area contributed by atoms with Crippen molar-refractivity contribution < 1.29 is 9.90 Å². The number of nitrogens with one attached hydrogen (secondary N) is 2. The van der Waals surface area contributed by atoms with Gasteiger partial charge < -0.3 is 20.6 Å². The molecule has 0 bridgehead atoms. The SMILES string of the molecule is C[C@H](Cc1ccc(O)cc1)NC(=O)NCc1ccc(N(C)C)cc1. The maximum atomic E-state index is 12.0. The minimum absolute atomic E-state index is 0.00524. The average Bonchev–Trinajstić information content (AvgIpc) is 2.55. The summed E-state index contributed by atoms with van der Waals surface area (Å²) in [4.78, 5) is 14.0. The van der Waals surface area contributed by atoms with E-state index in [0.29, 0.717) is 13.0 Å². The zero-order valence-corrected chi connectivity index (χ0v) is 14.4. The van der Waals surface area contributed by atoms with E-state index >= 15 is 0 Å². The molecule has 1 atom stereocenters. The topological polar surface area (TPSA) is 64.6 Å². The Hall–Kier alpha value is -2.69. The molecular weight excluding hydrogens is 302 g/mol. The molecule has 0 aliphatic rings. The highest BCUT2D eigenvalue weighted by atomic mass is 16.3. The maximum Gasteiger partial charge on any atom is 0.315 e. The van der Waals surface area contributed by atoms with E-state index in [4.69, 9.17) is 0 Å². The first kappa shape index (κ1) is 17.7. The van der Waals surface area contributed by atoms with E-state index in [9.17, 15) is 9.90 Å². The highest BCUT2D eigenvalue weighted by molar-refractivity contribution is 5.74. The van der Waals surface area contributed by atoms with E-state index in [2.05, 4.69) is 10.6 Å². The van der Waals surface area contributed by atoms with Crippen LogP contribution in [0.3, 0.4) is 0 Å². The van der Waals surface area contributed by atoms with Crippen molar-refractivity contribution in [1.29, 1.82) is 0 Å². The van der Waals surface area contributed by atoms with Gasteiger partial charge in [-0.25, -0.2) is 4.79 Å². The maximum absolute atomic E-state index is 12.0. The van der Waals surface area contributed by atoms with Gasteiger partial charge in [0.25, 0.3) is 0 Å². The number of benzene rings is 2. The fraction of sp³-hybridized carbons (Fsp3) is 0.316. The van der Waals surface area contributed by atoms with Gasteiger partial charge in [0, 0.05) is 32.4 Å². The van der Waals surface area contributed by atoms with E-state index in [1.807, 2.05) is 62.3 Å². The third kappa shape index (κ3) is 5.50. The summed E-state index contributed by atoms with van der Waals surface area (Å²) < 4.78 is 0. The molecule has 0 fully saturated rings. The second kappa shape index (κ2) is 8.24. The second-order valence-electron chi connectivity index (χ2n) is 6.16. The van der Waals surface area contributed by atoms with Crippen LogP contribution in [-0.4, -0.2) is 31.3 Å². The molecule has 2 rings (SSSR count). The zero-order valence-electron chi connectivity index (χ0n) is 14.4. The van der Waals surface area contributed by atoms with Crippen molar-refractivity contribution in [2.24, 2.45) is 0 Å². The summed E-state index contributed by atoms with van der Waals surface area (Å²) in [5.74, 6) is 0.248. The Morgan fingerprint density at radius 2 is 1.62 bits per heavy atom. The zero-order chi connectivity index (χ0) is 17.5. The Morgan fingerprint density at radius 3 is 2.21 bits per heavy atom. The molecule has 0 spiro atoms. The third-order valence-electron chi connectivity index (χ3n) is 3.76. The molecule has 0 saturated heterocycles. The predicted octanol–water partition coefficient (Wildman–Crippen LogP) is 2.89. The normalized spacial score (nSPS) is 11.6. The Balaban J connectivity index is 1.76. The lowest BCUT2D eigenvalue weighted by Gasteiger charge is -2.15. The standard InChI is InChI=1S/C19H25N3O2/c1-14(12-15-6-10-18(23)11-7-15)21-19(24)20-13-16-4-8-17(9-5-16)22(2)3/h4-11,14,23H,12-13H2,1-3H3,(H2,20,21,24)/t14-/m1/s1. The fourth-order valence-electron chi connectivity index (χ4n) is 2.41. The van der Waals surface area contributed by atoms with Crippen LogP contribution in [0.1, 0.15) is 18.1 Å². The molecule has 3 N–H and O–H groups in total. The summed E-state index contributed by atoms with van der Waals surface area (Å²) in [7, 11) is 3.99. The van der Waals surface area contributed by atoms with Gasteiger partial charge in [0.2, 0.25) is 0 Å². The van der Waals surface area contributed by atoms with Crippen molar-refractivity contribution in [1.82, 2.24) is 10.6 Å². The fourth-order valence-corrected chi connectivity index (χ4v) is 2.41. The molecule has 0 heterocycles. The minimum atomic E-state index is -0.182. The number of aromatic hydroxyl groups is 1. The quantitative estimate of drug-likeness (QED) is 0.764. The third-order valence-corrected chi connectivity index (χ3v) is 3.76. The van der Waals surface area contributed by atoms with Crippen LogP contribution in [0.2, 0.25) is 0 Å². The van der Waals surface area contributed by atoms with Crippen molar-refractivity contribution in [3.05, 3.63) is 59.7 Å². The van der Waals surface area contributed by atoms with Gasteiger partial charge in [0.1, 0.15) is 5.75 Å². The van der Waals surface area contributed by atoms with Crippen LogP contribution in [0.4, 0.5) is 10.5 Å². The molecule has 2 amide bonds. The van der Waals surface area contributed by atoms with E-state index in [1.165, 1.54) is 0 Å². The number of carbonyl (C=O) groups is 1. The van der Waals surface area contributed by atoms with Gasteiger partial charge >= 0.3 is 6.03 Å². The first-order valence-corrected chi connectivity index (χ1v) is 8.02. The summed E-state index contributed by atoms with van der Waals surface area (Å²) in [6, 6.07) is 14.9. The molecule has 2 aromatic carbocycles. The minimum Gasteiger partial charge on any atom is -0.508 e. The number of phenols is 1. The number of rotatable bonds is 6. The highest BCUT2D eigenvalue weighted by Gasteiger charge is 2.08. The smallest absolute Gasteiger partial charge is 0.315 e. The molecule has 0 aromatic heterocycles. The van der Waals surface area contributed by atoms with Crippen molar-refractivity contribution in [2.75, 3.05) is 19.0 Å². The van der Waals surface area contributed by atoms with Crippen molar-refractivity contribution >= 4 is 11.7 Å². The lowest BCUT2D eigenvalue weighted by atomic mass is 10.1. The molecule has 0 radical (unpaired) electrons. The van der Waals surface area contributed by atoms with Gasteiger partial charge in [-0.05, 0) is 48.7 Å². The predicted molar refractivity (Wildman–Crippen MR) is 97.4 cm³/mol. The number of hydrogen-bond acceptors (Lipinski definition) is 3. The molecule has 0 aliphatic carbocycles. The number of carbonyl (C=O) groups excluding carboxylic acids is 1. The summed E-state index contributed by atoms with van der Waals surface area (Å²) in [5.41, 5.74) is 3.26. The van der Waals surface area contributed by atoms with Crippen LogP contribution in [0.15, 0.2) is 48.5 Å². The molecular formula is C19H25N3O2. The Morgan fingerprint density at radius 1 is 1.04 bits per heavy atom. The van der Waals surface area contributed by atoms with Gasteiger partial charge in [0.15, 0.2) is 0 Å². The van der Waals surface area contributed by atoms with Crippen LogP contribution >= 0.6 is 0 Å². The number of hydrogen-bond donors (Lipinski definition) is 3. The molecule has 5 heteroatoms. The monoisotopic (exact) mass is 327 g/mol. The van der Waals surface area contributed by atoms with Gasteiger partial charge in [-0.2, -0.15) is 0 Å². The molecule has 0 saturated carbocycles. The summed E-state index contributed by atoms with van der Waals surface area (Å²) >= 11 is 0. The highest BCUT2D eigenvalue weighted by Crippen LogP contribution is 2.12. The first-order valence-electron chi connectivity index (χ1n) is 8.02. The first-order chi connectivity index (χ1) is 11.4. The number of nitrogens with zero attached hydrogens (tertiary/aromatic N) is 1. The molecule has 24 heavy (non-hydrogen) atoms. The summed E-state index contributed by atoms with van der Waals surface area (Å²) in [6.07, 6.45) is 0.714. The van der Waals surface area contributed by atoms with Crippen LogP contribution < -0.4 is 15.5 Å². The number of phenolic OH excluding ortho intramolecular Hbond substituents is 1. The van der Waals surface area contributed by atoms with Crippen LogP contribution in [0, 0.1) is 0 Å². The average molecular weight is 327 g/mol.